The molecule has 10 nitrogen and oxygen atoms in total. The predicted molar refractivity (Wildman–Crippen MR) is 116 cm³/mol. The van der Waals surface area contributed by atoms with Gasteiger partial charge in [0.15, 0.2) is 11.5 Å². The summed E-state index contributed by atoms with van der Waals surface area (Å²) in [5, 5.41) is 18.6. The number of aliphatic hydroxyl groups excluding tert-OH is 1. The summed E-state index contributed by atoms with van der Waals surface area (Å²) in [7, 11) is 0. The lowest BCUT2D eigenvalue weighted by Gasteiger charge is -2.31. The van der Waals surface area contributed by atoms with Crippen LogP contribution in [0.5, 0.6) is 11.5 Å². The van der Waals surface area contributed by atoms with Gasteiger partial charge in [-0.25, -0.2) is 0 Å². The van der Waals surface area contributed by atoms with Crippen LogP contribution in [0.15, 0.2) is 18.3 Å². The summed E-state index contributed by atoms with van der Waals surface area (Å²) >= 11 is 6.27. The summed E-state index contributed by atoms with van der Waals surface area (Å²) < 4.78 is 16.8. The molecule has 2 aromatic heterocycles. The van der Waals surface area contributed by atoms with Crippen LogP contribution in [0.3, 0.4) is 0 Å². The highest BCUT2D eigenvalue weighted by Crippen LogP contribution is 2.45. The van der Waals surface area contributed by atoms with Crippen molar-refractivity contribution in [3.8, 4) is 11.5 Å². The van der Waals surface area contributed by atoms with Crippen LogP contribution < -0.4 is 20.1 Å². The number of nitrogens with one attached hydrogen (secondary N) is 3. The van der Waals surface area contributed by atoms with Crippen molar-refractivity contribution in [2.24, 2.45) is 0 Å². The molecule has 0 amide bonds. The summed E-state index contributed by atoms with van der Waals surface area (Å²) in [6.45, 7) is 5.23. The second-order valence-electron chi connectivity index (χ2n) is 7.20. The summed E-state index contributed by atoms with van der Waals surface area (Å²) in [6, 6.07) is 3.65. The number of benzene rings is 1. The Balaban J connectivity index is 1.47. The molecule has 1 fully saturated rings. The fourth-order valence-electron chi connectivity index (χ4n) is 3.80. The lowest BCUT2D eigenvalue weighted by atomic mass is 10.1. The fraction of sp³-hybridized carbons (Fsp3) is 0.400. The quantitative estimate of drug-likeness (QED) is 0.453. The van der Waals surface area contributed by atoms with Gasteiger partial charge in [-0.2, -0.15) is 9.97 Å². The number of aromatic amines is 1. The van der Waals surface area contributed by atoms with Crippen molar-refractivity contribution >= 4 is 40.1 Å². The van der Waals surface area contributed by atoms with Gasteiger partial charge in [0.25, 0.3) is 0 Å². The number of hydrogen-bond acceptors (Lipinski definition) is 9. The monoisotopic (exact) mass is 446 g/mol. The molecule has 1 unspecified atom stereocenters. The second kappa shape index (κ2) is 8.39. The van der Waals surface area contributed by atoms with Crippen LogP contribution in [-0.4, -0.2) is 64.6 Å². The molecule has 0 spiro atoms. The topological polar surface area (TPSA) is 117 Å². The Morgan fingerprint density at radius 2 is 2.03 bits per heavy atom. The minimum absolute atomic E-state index is 0.0750. The Hall–Kier alpha value is -2.79. The first-order chi connectivity index (χ1) is 15.2. The Morgan fingerprint density at radius 1 is 1.23 bits per heavy atom. The number of anilines is 3. The van der Waals surface area contributed by atoms with Gasteiger partial charge in [-0.3, -0.25) is 4.90 Å². The number of fused-ring (bicyclic) bond motifs is 2. The van der Waals surface area contributed by atoms with Gasteiger partial charge in [-0.05, 0) is 19.1 Å². The Morgan fingerprint density at radius 3 is 2.84 bits per heavy atom. The maximum atomic E-state index is 10.9. The molecule has 164 valence electrons. The SMILES string of the molecule is CCNc1nc(Nc2ccc(C(O)N3CCOCC3)c3c2OCO3)nc2[nH]cc(Cl)c12. The Bertz CT molecular complexity index is 1100. The minimum Gasteiger partial charge on any atom is -0.453 e. The lowest BCUT2D eigenvalue weighted by molar-refractivity contribution is -0.0611. The first kappa shape index (κ1) is 20.1. The van der Waals surface area contributed by atoms with E-state index < -0.39 is 6.23 Å². The van der Waals surface area contributed by atoms with E-state index in [4.69, 9.17) is 25.8 Å². The van der Waals surface area contributed by atoms with E-state index >= 15 is 0 Å². The van der Waals surface area contributed by atoms with Gasteiger partial charge < -0.3 is 34.9 Å². The van der Waals surface area contributed by atoms with Crippen LogP contribution in [0, 0.1) is 0 Å². The van der Waals surface area contributed by atoms with Crippen LogP contribution in [0.1, 0.15) is 18.7 Å². The lowest BCUT2D eigenvalue weighted by Crippen LogP contribution is -2.39. The normalized spacial score (nSPS) is 17.1. The van der Waals surface area contributed by atoms with E-state index in [-0.39, 0.29) is 6.79 Å². The number of rotatable bonds is 6. The zero-order valence-corrected chi connectivity index (χ0v) is 17.7. The maximum absolute atomic E-state index is 10.9. The number of halogens is 1. The molecule has 31 heavy (non-hydrogen) atoms. The van der Waals surface area contributed by atoms with E-state index in [9.17, 15) is 5.11 Å². The van der Waals surface area contributed by atoms with E-state index in [1.807, 2.05) is 24.0 Å². The number of hydrogen-bond donors (Lipinski definition) is 4. The van der Waals surface area contributed by atoms with Gasteiger partial charge in [-0.15, -0.1) is 0 Å². The van der Waals surface area contributed by atoms with Crippen molar-refractivity contribution in [2.45, 2.75) is 13.2 Å². The van der Waals surface area contributed by atoms with Crippen molar-refractivity contribution < 1.29 is 19.3 Å². The molecule has 1 atom stereocenters. The zero-order valence-electron chi connectivity index (χ0n) is 16.9. The summed E-state index contributed by atoms with van der Waals surface area (Å²) in [4.78, 5) is 14.1. The van der Waals surface area contributed by atoms with Crippen LogP contribution >= 0.6 is 11.6 Å². The zero-order chi connectivity index (χ0) is 21.4. The number of H-pyrrole nitrogens is 1. The molecule has 2 aliphatic rings. The molecule has 0 aliphatic carbocycles. The van der Waals surface area contributed by atoms with Crippen molar-refractivity contribution in [3.63, 3.8) is 0 Å². The minimum atomic E-state index is -0.803. The smallest absolute Gasteiger partial charge is 0.231 e. The molecule has 3 aromatic rings. The molecule has 2 aliphatic heterocycles. The largest absolute Gasteiger partial charge is 0.453 e. The first-order valence-electron chi connectivity index (χ1n) is 10.1. The molecule has 11 heteroatoms. The van der Waals surface area contributed by atoms with E-state index in [0.29, 0.717) is 78.0 Å². The Kier molecular flexibility index (Phi) is 5.45. The van der Waals surface area contributed by atoms with E-state index in [2.05, 4.69) is 25.6 Å². The van der Waals surface area contributed by atoms with Crippen LogP contribution in [-0.2, 0) is 4.74 Å². The molecule has 0 saturated carbocycles. The molecule has 4 N–H and O–H groups in total. The number of ether oxygens (including phenoxy) is 3. The van der Waals surface area contributed by atoms with Crippen LogP contribution in [0.4, 0.5) is 17.5 Å². The standard InChI is InChI=1S/C20H23ClN6O4/c1-2-22-17-14-12(21)9-23-18(14)26-20(25-17)24-13-4-3-11(15-16(13)31-10-30-15)19(28)27-5-7-29-8-6-27/h3-4,9,19,28H,2,5-8,10H2,1H3,(H3,22,23,24,25,26). The number of nitrogens with zero attached hydrogens (tertiary/aromatic N) is 3. The molecule has 0 radical (unpaired) electrons. The molecule has 0 bridgehead atoms. The van der Waals surface area contributed by atoms with Crippen LogP contribution in [0.2, 0.25) is 5.02 Å². The van der Waals surface area contributed by atoms with Crippen molar-refractivity contribution in [2.75, 3.05) is 50.3 Å². The number of aromatic nitrogens is 3. The molecule has 1 aromatic carbocycles. The summed E-state index contributed by atoms with van der Waals surface area (Å²) in [5.74, 6) is 2.04. The fourth-order valence-corrected chi connectivity index (χ4v) is 4.04. The van der Waals surface area contributed by atoms with E-state index in [1.54, 1.807) is 6.20 Å². The van der Waals surface area contributed by atoms with Crippen LogP contribution in [0.25, 0.3) is 11.0 Å². The maximum Gasteiger partial charge on any atom is 0.231 e. The number of aliphatic hydroxyl groups is 1. The van der Waals surface area contributed by atoms with E-state index in [1.165, 1.54) is 0 Å². The van der Waals surface area contributed by atoms with Crippen molar-refractivity contribution in [3.05, 3.63) is 28.9 Å². The molecule has 4 heterocycles. The van der Waals surface area contributed by atoms with Crippen molar-refractivity contribution in [1.29, 1.82) is 0 Å². The average molecular weight is 447 g/mol. The third-order valence-electron chi connectivity index (χ3n) is 5.29. The predicted octanol–water partition coefficient (Wildman–Crippen LogP) is 2.84. The van der Waals surface area contributed by atoms with Gasteiger partial charge in [-0.1, -0.05) is 11.6 Å². The second-order valence-corrected chi connectivity index (χ2v) is 7.61. The highest BCUT2D eigenvalue weighted by Gasteiger charge is 2.29. The van der Waals surface area contributed by atoms with Gasteiger partial charge in [0.05, 0.1) is 29.3 Å². The molecular formula is C20H23ClN6O4. The first-order valence-corrected chi connectivity index (χ1v) is 10.5. The van der Waals surface area contributed by atoms with Crippen molar-refractivity contribution in [1.82, 2.24) is 19.9 Å². The highest BCUT2D eigenvalue weighted by atomic mass is 35.5. The average Bonchev–Trinajstić information content (AvgIpc) is 3.42. The van der Waals surface area contributed by atoms with Gasteiger partial charge in [0.1, 0.15) is 17.7 Å². The Labute approximate surface area is 183 Å². The third kappa shape index (κ3) is 3.72. The third-order valence-corrected chi connectivity index (χ3v) is 5.59. The van der Waals surface area contributed by atoms with Gasteiger partial charge in [0.2, 0.25) is 12.7 Å². The summed E-state index contributed by atoms with van der Waals surface area (Å²) in [5.41, 5.74) is 1.91. The van der Waals surface area contributed by atoms with E-state index in [0.717, 1.165) is 5.39 Å². The molecule has 1 saturated heterocycles. The molecule has 5 rings (SSSR count). The summed E-state index contributed by atoms with van der Waals surface area (Å²) in [6.07, 6.45) is 0.879. The van der Waals surface area contributed by atoms with Gasteiger partial charge >= 0.3 is 0 Å². The van der Waals surface area contributed by atoms with Gasteiger partial charge in [0, 0.05) is 31.4 Å². The number of morpholine rings is 1. The highest BCUT2D eigenvalue weighted by molar-refractivity contribution is 6.36. The molecular weight excluding hydrogens is 424 g/mol.